The highest BCUT2D eigenvalue weighted by molar-refractivity contribution is 6.06. The summed E-state index contributed by atoms with van der Waals surface area (Å²) in [5, 5.41) is 20.0. The maximum atomic E-state index is 13.7. The predicted octanol–water partition coefficient (Wildman–Crippen LogP) is 14.9. The molecule has 5 aromatic heterocycles. The molecule has 1 saturated heterocycles. The summed E-state index contributed by atoms with van der Waals surface area (Å²) in [6.07, 6.45) is 10.9. The van der Waals surface area contributed by atoms with Crippen LogP contribution >= 0.6 is 0 Å². The van der Waals surface area contributed by atoms with Gasteiger partial charge in [-0.1, -0.05) is 61.7 Å². The summed E-state index contributed by atoms with van der Waals surface area (Å²) in [5.41, 5.74) is 26.7. The molecule has 720 valence electrons. The number of amides is 1. The molecule has 34 nitrogen and oxygen atoms in total. The Morgan fingerprint density at radius 2 is 0.914 bits per heavy atom. The quantitative estimate of drug-likeness (QED) is 0.0245. The maximum Gasteiger partial charge on any atom is 0.334 e. The molecular formula is C105H109N13O21. The first kappa shape index (κ1) is 97.5. The largest absolute Gasteiger partial charge is 0.493 e. The number of H-pyrrole nitrogens is 4. The van der Waals surface area contributed by atoms with E-state index in [9.17, 15) is 53.4 Å². The van der Waals surface area contributed by atoms with E-state index in [1.807, 2.05) is 133 Å². The van der Waals surface area contributed by atoms with E-state index in [0.717, 1.165) is 89.0 Å². The fourth-order valence-corrected chi connectivity index (χ4v) is 19.5. The van der Waals surface area contributed by atoms with Crippen LogP contribution < -0.4 is 29.6 Å². The third kappa shape index (κ3) is 18.5. The van der Waals surface area contributed by atoms with Crippen LogP contribution in [0.25, 0.3) is 88.7 Å². The molecule has 1 unspecified atom stereocenters. The van der Waals surface area contributed by atoms with Crippen molar-refractivity contribution in [2.45, 2.75) is 124 Å². The van der Waals surface area contributed by atoms with Crippen molar-refractivity contribution >= 4 is 154 Å². The predicted molar refractivity (Wildman–Crippen MR) is 523 cm³/mol. The molecule has 5 atom stereocenters. The maximum absolute atomic E-state index is 13.7. The minimum absolute atomic E-state index is 0.0776. The van der Waals surface area contributed by atoms with Gasteiger partial charge in [0.05, 0.1) is 130 Å². The Labute approximate surface area is 800 Å². The van der Waals surface area contributed by atoms with Crippen LogP contribution in [0.1, 0.15) is 171 Å². The monoisotopic (exact) mass is 1890 g/mol. The summed E-state index contributed by atoms with van der Waals surface area (Å²) in [6.45, 7) is 25.9. The lowest BCUT2D eigenvalue weighted by atomic mass is 9.64. The Hall–Kier alpha value is -16.0. The summed E-state index contributed by atoms with van der Waals surface area (Å²) < 4.78 is 53.0. The van der Waals surface area contributed by atoms with E-state index < -0.39 is 64.6 Å². The number of benzene rings is 2. The Bertz CT molecular complexity index is 7110. The second-order valence-corrected chi connectivity index (χ2v) is 34.8. The van der Waals surface area contributed by atoms with Crippen molar-refractivity contribution in [2.24, 2.45) is 11.8 Å². The first-order valence-corrected chi connectivity index (χ1v) is 45.1. The SMILES string of the molecule is C=CC1=C(C)c2cc3[nH]c(cc4nc(cc5[nH]c(cc1n2)c(C)c5CCC(=O)O)C(CCC(=O)OC)=C4C)[C@@]1(C)C3=CC=C(C(=O)OC)[C@H]1C(=O)OC.C=CC1=C(C)c2cc3[nH]c(cc4nc(cc5[nH]c(cc1n2)c(C)c5CCC(=O)OC)C(CCC(=O)O)=C4C)[C@@]1(C)C3=CC=C(C(=O)OC)[C@H]1C(=O)OC.COc1cc2nc(N3CCN(C(=O)C4COc5ccccc5O4)CC3)nc(N)c2cc1OC. The number of rotatable bonds is 22. The smallest absolute Gasteiger partial charge is 0.334 e. The molecule has 0 spiro atoms. The van der Waals surface area contributed by atoms with Crippen molar-refractivity contribution in [3.63, 3.8) is 0 Å². The topological polar surface area (TPSA) is 459 Å². The zero-order valence-electron chi connectivity index (χ0n) is 80.2. The molecule has 34 heteroatoms. The lowest BCUT2D eigenvalue weighted by Gasteiger charge is -2.37. The Kier molecular flexibility index (Phi) is 28.1. The van der Waals surface area contributed by atoms with Crippen molar-refractivity contribution < 1.29 is 101 Å². The van der Waals surface area contributed by atoms with E-state index >= 15 is 0 Å². The minimum Gasteiger partial charge on any atom is -0.493 e. The number of carboxylic acid groups (broad SMARTS) is 2. The summed E-state index contributed by atoms with van der Waals surface area (Å²) in [6, 6.07) is 26.1. The number of aromatic nitrogens is 10. The number of methoxy groups -OCH3 is 8. The van der Waals surface area contributed by atoms with E-state index in [2.05, 4.69) is 43.1 Å². The average molecular weight is 1890 g/mol. The minimum atomic E-state index is -1.15. The number of para-hydroxylation sites is 2. The van der Waals surface area contributed by atoms with E-state index in [1.54, 1.807) is 67.7 Å². The van der Waals surface area contributed by atoms with Gasteiger partial charge in [-0.15, -0.1) is 0 Å². The van der Waals surface area contributed by atoms with Crippen LogP contribution in [0, 0.1) is 25.7 Å². The van der Waals surface area contributed by atoms with Crippen LogP contribution in [0.5, 0.6) is 23.0 Å². The third-order valence-corrected chi connectivity index (χ3v) is 27.3. The number of aromatic amines is 4. The molecule has 17 rings (SSSR count). The van der Waals surface area contributed by atoms with Gasteiger partial charge in [-0.25, -0.2) is 34.5 Å². The number of aryl methyl sites for hydroxylation is 4. The number of carboxylic acids is 2. The van der Waals surface area contributed by atoms with Crippen LogP contribution in [0.4, 0.5) is 11.8 Å². The van der Waals surface area contributed by atoms with E-state index in [4.69, 9.17) is 73.0 Å². The van der Waals surface area contributed by atoms with Gasteiger partial charge in [-0.3, -0.25) is 33.6 Å². The number of hydrogen-bond acceptors (Lipinski definition) is 27. The fraction of sp³-hybridized carbons (Fsp3) is 0.324. The zero-order valence-corrected chi connectivity index (χ0v) is 80.2. The number of ether oxygens (including phenoxy) is 10. The van der Waals surface area contributed by atoms with E-state index in [0.29, 0.717) is 164 Å². The summed E-state index contributed by atoms with van der Waals surface area (Å²) >= 11 is 0. The average Bonchev–Trinajstić information content (AvgIpc) is 1.57. The molecule has 10 aliphatic rings. The molecule has 139 heavy (non-hydrogen) atoms. The normalized spacial score (nSPS) is 18.3. The molecule has 1 fully saturated rings. The van der Waals surface area contributed by atoms with Gasteiger partial charge in [0.2, 0.25) is 12.1 Å². The number of carbonyl (C=O) groups excluding carboxylic acids is 7. The molecule has 2 aliphatic carbocycles. The number of nitrogens with two attached hydrogens (primary N) is 1. The van der Waals surface area contributed by atoms with Crippen molar-refractivity contribution in [3.05, 3.63) is 236 Å². The van der Waals surface area contributed by atoms with Crippen LogP contribution in [-0.4, -0.2) is 214 Å². The van der Waals surface area contributed by atoms with E-state index in [1.165, 1.54) is 42.7 Å². The molecule has 16 bridgehead atoms. The molecule has 0 radical (unpaired) electrons. The number of fused-ring (bicyclic) bond motifs is 24. The standard InChI is InChI=1S/2C41H42N4O8.C23H25N5O5/c1-9-23-20(2)29-17-34-27-13-10-26(39(49)52-7)38(40(50)53-8)41(27,5)35(45-34)19-30-22(4)24(11-14-36(46)47)32(44-30)18-33-25(12-15-37(48)51-6)21(3)28(43-33)16-31(23)42-29;1-9-23-20(2)29-17-34-27-13-10-26(39(49)52-7)38(40(50)53-8)41(27,5)35(45-34)19-30-22(4)25(12-15-37(48)51-6)33(44-30)18-32-24(11-14-36(46)47)21(3)28(43-32)16-31(23)42-29;1-30-18-11-14-15(12-19(18)31-2)25-23(26-21(14)24)28-9-7-27(8-10-28)22(29)20-13-32-16-5-3-4-6-17(16)33-20/h2*9-10,13,16-19,38,43,45H,1,11-12,14-15H2,2-8H3,(H,46,47);3-6,11-12,20H,7-10,13H2,1-2H3,(H2,24,25,26)/t2*38-,41+;/m00./s1. The van der Waals surface area contributed by atoms with Crippen LogP contribution in [-0.2, 0) is 95.2 Å². The molecule has 2 aromatic carbocycles. The third-order valence-electron chi connectivity index (χ3n) is 27.3. The highest BCUT2D eigenvalue weighted by Crippen LogP contribution is 2.56. The molecule has 0 saturated carbocycles. The number of aliphatic carboxylic acids is 2. The Balaban J connectivity index is 0.000000162. The van der Waals surface area contributed by atoms with Gasteiger partial charge in [-0.2, -0.15) is 4.98 Å². The number of piperazine rings is 1. The summed E-state index contributed by atoms with van der Waals surface area (Å²) in [5.74, 6) is -4.12. The van der Waals surface area contributed by atoms with E-state index in [-0.39, 0.29) is 74.1 Å². The zero-order chi connectivity index (χ0) is 99.7. The molecule has 8 aliphatic heterocycles. The van der Waals surface area contributed by atoms with Crippen molar-refractivity contribution in [1.29, 1.82) is 0 Å². The van der Waals surface area contributed by atoms with Crippen LogP contribution in [0.2, 0.25) is 0 Å². The lowest BCUT2D eigenvalue weighted by molar-refractivity contribution is -0.149. The number of nitrogens with one attached hydrogen (secondary N) is 4. The van der Waals surface area contributed by atoms with Gasteiger partial charge in [-0.05, 0) is 215 Å². The number of allylic oxidation sites excluding steroid dienone is 16. The fourth-order valence-electron chi connectivity index (χ4n) is 19.5. The summed E-state index contributed by atoms with van der Waals surface area (Å²) in [7, 11) is 10.9. The number of carbonyl (C=O) groups is 9. The molecule has 1 amide bonds. The number of esters is 6. The second kappa shape index (κ2) is 40.1. The van der Waals surface area contributed by atoms with Gasteiger partial charge in [0.25, 0.3) is 5.91 Å². The highest BCUT2D eigenvalue weighted by atomic mass is 16.6. The van der Waals surface area contributed by atoms with Crippen molar-refractivity contribution in [2.75, 3.05) is 100 Å². The van der Waals surface area contributed by atoms with Gasteiger partial charge >= 0.3 is 47.8 Å². The van der Waals surface area contributed by atoms with Crippen molar-refractivity contribution in [3.8, 4) is 23.0 Å². The first-order chi connectivity index (χ1) is 66.6. The lowest BCUT2D eigenvalue weighted by Crippen LogP contribution is -2.54. The number of nitrogens with zero attached hydrogens (tertiary/aromatic N) is 8. The molecule has 8 N–H and O–H groups in total. The second-order valence-electron chi connectivity index (χ2n) is 34.8. The first-order valence-electron chi connectivity index (χ1n) is 45.1. The van der Waals surface area contributed by atoms with Crippen molar-refractivity contribution in [1.82, 2.24) is 54.7 Å². The van der Waals surface area contributed by atoms with Gasteiger partial charge in [0.1, 0.15) is 24.3 Å². The number of anilines is 2. The highest BCUT2D eigenvalue weighted by Gasteiger charge is 2.55. The molecule has 13 heterocycles. The summed E-state index contributed by atoms with van der Waals surface area (Å²) in [4.78, 5) is 162. The number of nitrogen functional groups attached to an aromatic ring is 1. The molecule has 7 aromatic rings. The Morgan fingerprint density at radius 3 is 1.37 bits per heavy atom. The van der Waals surface area contributed by atoms with Crippen LogP contribution in [0.15, 0.2) is 146 Å². The number of hydrogen-bond donors (Lipinski definition) is 7. The van der Waals surface area contributed by atoms with Gasteiger partial charge in [0, 0.05) is 119 Å². The van der Waals surface area contributed by atoms with Gasteiger partial charge in [0.15, 0.2) is 23.0 Å². The molecular weight excluding hydrogens is 1780 g/mol. The van der Waals surface area contributed by atoms with Crippen LogP contribution in [0.3, 0.4) is 0 Å². The van der Waals surface area contributed by atoms with Gasteiger partial charge < -0.3 is 93.1 Å². The Morgan fingerprint density at radius 1 is 0.482 bits per heavy atom.